The predicted octanol–water partition coefficient (Wildman–Crippen LogP) is 7.49. The lowest BCUT2D eigenvalue weighted by atomic mass is 9.93. The Hall–Kier alpha value is -3.09. The maximum atomic E-state index is 14.1. The third-order valence-corrected chi connectivity index (χ3v) is 8.71. The summed E-state index contributed by atoms with van der Waals surface area (Å²) in [5.74, 6) is 1.25. The van der Waals surface area contributed by atoms with Gasteiger partial charge in [-0.15, -0.1) is 11.3 Å². The van der Waals surface area contributed by atoms with Crippen molar-refractivity contribution in [3.8, 4) is 16.9 Å². The van der Waals surface area contributed by atoms with E-state index in [2.05, 4.69) is 11.1 Å². The first kappa shape index (κ1) is 24.6. The summed E-state index contributed by atoms with van der Waals surface area (Å²) in [5.41, 5.74) is 9.73. The van der Waals surface area contributed by atoms with Crippen molar-refractivity contribution in [3.63, 3.8) is 0 Å². The molecule has 0 bridgehead atoms. The number of hydrogen-bond acceptors (Lipinski definition) is 5. The number of nitrogen functional groups attached to an aromatic ring is 1. The molecule has 0 atom stereocenters. The number of benzene rings is 2. The molecule has 186 valence electrons. The Morgan fingerprint density at radius 1 is 1.14 bits per heavy atom. The van der Waals surface area contributed by atoms with E-state index in [9.17, 15) is 4.79 Å². The Morgan fingerprint density at radius 3 is 2.64 bits per heavy atom. The number of carbonyl (C=O) groups excluding carboxylic acids is 1. The van der Waals surface area contributed by atoms with Gasteiger partial charge in [0.1, 0.15) is 16.4 Å². The second kappa shape index (κ2) is 10.5. The van der Waals surface area contributed by atoms with Crippen molar-refractivity contribution in [1.82, 2.24) is 9.88 Å². The van der Waals surface area contributed by atoms with Gasteiger partial charge in [0.2, 0.25) is 0 Å². The van der Waals surface area contributed by atoms with Crippen LogP contribution in [-0.2, 0) is 6.54 Å². The topological polar surface area (TPSA) is 68.5 Å². The molecular weight excluding hydrogens is 490 g/mol. The number of methoxy groups -OCH3 is 1. The van der Waals surface area contributed by atoms with Gasteiger partial charge >= 0.3 is 0 Å². The van der Waals surface area contributed by atoms with Gasteiger partial charge in [-0.1, -0.05) is 55.1 Å². The second-order valence-electron chi connectivity index (χ2n) is 9.36. The zero-order chi connectivity index (χ0) is 25.2. The summed E-state index contributed by atoms with van der Waals surface area (Å²) in [6.07, 6.45) is 5.46. The molecule has 7 heteroatoms. The monoisotopic (exact) mass is 519 g/mol. The summed E-state index contributed by atoms with van der Waals surface area (Å²) in [6.45, 7) is 2.41. The number of aryl methyl sites for hydroxylation is 1. The molecule has 36 heavy (non-hydrogen) atoms. The number of halogens is 1. The van der Waals surface area contributed by atoms with Crippen molar-refractivity contribution in [3.05, 3.63) is 75.8 Å². The maximum Gasteiger partial charge on any atom is 0.266 e. The highest BCUT2D eigenvalue weighted by Crippen LogP contribution is 2.38. The summed E-state index contributed by atoms with van der Waals surface area (Å²) in [6, 6.07) is 18.0. The fourth-order valence-electron chi connectivity index (χ4n) is 5.18. The van der Waals surface area contributed by atoms with Crippen molar-refractivity contribution in [2.24, 2.45) is 0 Å². The lowest BCUT2D eigenvalue weighted by Gasteiger charge is -2.34. The standard InChI is InChI=1S/C29H30ClN3O2S/c1-18-22(13-15-26(31)32-18)19-12-14-24(35-2)20(16-19)17-33(21-8-4-3-5-9-21)29(34)28-27(30)23-10-6-7-11-25(23)36-28/h6-7,10-16,21H,3-5,8-9,17H2,1-2H3,(H2,31,32). The van der Waals surface area contributed by atoms with Crippen LogP contribution in [0.25, 0.3) is 21.2 Å². The first-order valence-corrected chi connectivity index (χ1v) is 13.5. The van der Waals surface area contributed by atoms with Crippen molar-refractivity contribution < 1.29 is 9.53 Å². The Bertz CT molecular complexity index is 1410. The average Bonchev–Trinajstić information content (AvgIpc) is 3.24. The summed E-state index contributed by atoms with van der Waals surface area (Å²) in [4.78, 5) is 21.1. The zero-order valence-electron chi connectivity index (χ0n) is 20.6. The van der Waals surface area contributed by atoms with Gasteiger partial charge in [0.05, 0.1) is 12.1 Å². The molecule has 2 aromatic carbocycles. The van der Waals surface area contributed by atoms with Crippen LogP contribution in [0.2, 0.25) is 5.02 Å². The molecule has 2 N–H and O–H groups in total. The number of rotatable bonds is 6. The van der Waals surface area contributed by atoms with E-state index in [1.807, 2.05) is 60.4 Å². The third-order valence-electron chi connectivity index (χ3n) is 7.04. The number of amides is 1. The Kier molecular flexibility index (Phi) is 7.17. The summed E-state index contributed by atoms with van der Waals surface area (Å²) in [5, 5.41) is 1.48. The van der Waals surface area contributed by atoms with Crippen LogP contribution in [0.15, 0.2) is 54.6 Å². The fourth-order valence-corrected chi connectivity index (χ4v) is 6.65. The molecule has 0 aliphatic heterocycles. The van der Waals surface area contributed by atoms with Crippen molar-refractivity contribution >= 4 is 44.7 Å². The Morgan fingerprint density at radius 2 is 1.92 bits per heavy atom. The minimum absolute atomic E-state index is 0.00844. The number of hydrogen-bond donors (Lipinski definition) is 1. The first-order valence-electron chi connectivity index (χ1n) is 12.3. The van der Waals surface area contributed by atoms with E-state index in [1.165, 1.54) is 17.8 Å². The van der Waals surface area contributed by atoms with E-state index in [4.69, 9.17) is 22.1 Å². The maximum absolute atomic E-state index is 14.1. The van der Waals surface area contributed by atoms with Crippen LogP contribution in [-0.4, -0.2) is 28.9 Å². The molecule has 1 saturated carbocycles. The van der Waals surface area contributed by atoms with Crippen LogP contribution < -0.4 is 10.5 Å². The SMILES string of the molecule is COc1ccc(-c2ccc(N)nc2C)cc1CN(C(=O)c1sc2ccccc2c1Cl)C1CCCCC1. The van der Waals surface area contributed by atoms with E-state index in [0.29, 0.717) is 22.3 Å². The highest BCUT2D eigenvalue weighted by atomic mass is 35.5. The molecule has 0 saturated heterocycles. The summed E-state index contributed by atoms with van der Waals surface area (Å²) < 4.78 is 6.76. The number of anilines is 1. The molecule has 2 aromatic heterocycles. The molecule has 5 rings (SSSR count). The molecule has 1 amide bonds. The van der Waals surface area contributed by atoms with Gasteiger partial charge in [-0.2, -0.15) is 0 Å². The normalized spacial score (nSPS) is 14.2. The summed E-state index contributed by atoms with van der Waals surface area (Å²) in [7, 11) is 1.67. The number of thiophene rings is 1. The van der Waals surface area contributed by atoms with E-state index in [0.717, 1.165) is 63.9 Å². The van der Waals surface area contributed by atoms with E-state index in [-0.39, 0.29) is 11.9 Å². The van der Waals surface area contributed by atoms with Gasteiger partial charge in [0.15, 0.2) is 0 Å². The number of carbonyl (C=O) groups is 1. The molecule has 5 nitrogen and oxygen atoms in total. The highest BCUT2D eigenvalue weighted by Gasteiger charge is 2.30. The third kappa shape index (κ3) is 4.80. The Balaban J connectivity index is 1.55. The summed E-state index contributed by atoms with van der Waals surface area (Å²) >= 11 is 8.23. The van der Waals surface area contributed by atoms with E-state index < -0.39 is 0 Å². The van der Waals surface area contributed by atoms with Crippen LogP contribution in [0.3, 0.4) is 0 Å². The number of pyridine rings is 1. The quantitative estimate of drug-likeness (QED) is 0.286. The van der Waals surface area contributed by atoms with E-state index >= 15 is 0 Å². The van der Waals surface area contributed by atoms with Crippen LogP contribution >= 0.6 is 22.9 Å². The lowest BCUT2D eigenvalue weighted by molar-refractivity contribution is 0.0618. The second-order valence-corrected chi connectivity index (χ2v) is 10.8. The van der Waals surface area contributed by atoms with Crippen molar-refractivity contribution in [2.75, 3.05) is 12.8 Å². The van der Waals surface area contributed by atoms with Crippen LogP contribution in [0.5, 0.6) is 5.75 Å². The lowest BCUT2D eigenvalue weighted by Crippen LogP contribution is -2.40. The molecule has 2 heterocycles. The van der Waals surface area contributed by atoms with Gasteiger partial charge in [-0.3, -0.25) is 4.79 Å². The molecular formula is C29H30ClN3O2S. The number of nitrogens with two attached hydrogens (primary N) is 1. The van der Waals surface area contributed by atoms with Crippen LogP contribution in [0.4, 0.5) is 5.82 Å². The molecule has 1 aliphatic carbocycles. The van der Waals surface area contributed by atoms with Gasteiger partial charge in [-0.25, -0.2) is 4.98 Å². The number of ether oxygens (including phenoxy) is 1. The highest BCUT2D eigenvalue weighted by molar-refractivity contribution is 7.21. The van der Waals surface area contributed by atoms with Gasteiger partial charge in [0.25, 0.3) is 5.91 Å². The Labute approximate surface area is 220 Å². The predicted molar refractivity (Wildman–Crippen MR) is 149 cm³/mol. The van der Waals surface area contributed by atoms with Crippen LogP contribution in [0.1, 0.15) is 53.0 Å². The molecule has 4 aromatic rings. The molecule has 1 fully saturated rings. The van der Waals surface area contributed by atoms with Crippen molar-refractivity contribution in [2.45, 2.75) is 51.6 Å². The minimum Gasteiger partial charge on any atom is -0.496 e. The van der Waals surface area contributed by atoms with Gasteiger partial charge in [0, 0.05) is 39.5 Å². The van der Waals surface area contributed by atoms with Crippen LogP contribution in [0, 0.1) is 6.92 Å². The smallest absolute Gasteiger partial charge is 0.266 e. The molecule has 0 radical (unpaired) electrons. The van der Waals surface area contributed by atoms with Gasteiger partial charge in [-0.05, 0) is 55.7 Å². The first-order chi connectivity index (χ1) is 17.5. The number of fused-ring (bicyclic) bond motifs is 1. The largest absolute Gasteiger partial charge is 0.496 e. The number of aromatic nitrogens is 1. The van der Waals surface area contributed by atoms with Gasteiger partial charge < -0.3 is 15.4 Å². The fraction of sp³-hybridized carbons (Fsp3) is 0.310. The average molecular weight is 520 g/mol. The molecule has 1 aliphatic rings. The molecule has 0 unspecified atom stereocenters. The number of nitrogens with zero attached hydrogens (tertiary/aromatic N) is 2. The van der Waals surface area contributed by atoms with E-state index in [1.54, 1.807) is 7.11 Å². The zero-order valence-corrected chi connectivity index (χ0v) is 22.2. The molecule has 0 spiro atoms. The van der Waals surface area contributed by atoms with Crippen molar-refractivity contribution in [1.29, 1.82) is 0 Å². The minimum atomic E-state index is -0.00844.